The maximum Gasteiger partial charge on any atom is 0.240 e. The van der Waals surface area contributed by atoms with E-state index in [0.717, 1.165) is 12.5 Å². The summed E-state index contributed by atoms with van der Waals surface area (Å²) >= 11 is 0. The quantitative estimate of drug-likeness (QED) is 0.796. The number of carbonyl (C=O) groups excluding carboxylic acids is 1. The highest BCUT2D eigenvalue weighted by Crippen LogP contribution is 2.39. The molecule has 4 nitrogen and oxygen atoms in total. The molecule has 4 heteroatoms. The molecular formula is C16H28N2O2. The van der Waals surface area contributed by atoms with Crippen molar-refractivity contribution in [1.29, 1.82) is 0 Å². The SMILES string of the molecule is CC1(C)CN(C(=O)C2NCC3CCCC32)CC(C)(C)O1. The van der Waals surface area contributed by atoms with E-state index in [1.54, 1.807) is 0 Å². The standard InChI is InChI=1S/C16H28N2O2/c1-15(2)9-18(10-16(3,4)20-15)14(19)13-12-7-5-6-11(12)8-17-13/h11-13,17H,5-10H2,1-4H3. The van der Waals surface area contributed by atoms with Gasteiger partial charge in [-0.05, 0) is 58.9 Å². The molecule has 0 radical (unpaired) electrons. The molecule has 1 saturated carbocycles. The fourth-order valence-corrected chi connectivity index (χ4v) is 4.60. The zero-order chi connectivity index (χ0) is 14.5. The lowest BCUT2D eigenvalue weighted by Gasteiger charge is -2.48. The van der Waals surface area contributed by atoms with E-state index in [1.165, 1.54) is 19.3 Å². The monoisotopic (exact) mass is 280 g/mol. The summed E-state index contributed by atoms with van der Waals surface area (Å²) in [6, 6.07) is 0.0483. The van der Waals surface area contributed by atoms with Crippen LogP contribution in [-0.2, 0) is 9.53 Å². The first kappa shape index (κ1) is 14.3. The van der Waals surface area contributed by atoms with Crippen LogP contribution in [0.1, 0.15) is 47.0 Å². The van der Waals surface area contributed by atoms with Crippen molar-refractivity contribution < 1.29 is 9.53 Å². The number of amides is 1. The third kappa shape index (κ3) is 2.60. The van der Waals surface area contributed by atoms with Gasteiger partial charge in [-0.15, -0.1) is 0 Å². The van der Waals surface area contributed by atoms with Crippen LogP contribution in [0.15, 0.2) is 0 Å². The number of carbonyl (C=O) groups is 1. The summed E-state index contributed by atoms with van der Waals surface area (Å²) in [5.41, 5.74) is -0.518. The highest BCUT2D eigenvalue weighted by molar-refractivity contribution is 5.83. The Hall–Kier alpha value is -0.610. The second-order valence-electron chi connectivity index (χ2n) is 8.06. The van der Waals surface area contributed by atoms with Crippen molar-refractivity contribution in [2.24, 2.45) is 11.8 Å². The van der Waals surface area contributed by atoms with Gasteiger partial charge in [-0.2, -0.15) is 0 Å². The van der Waals surface area contributed by atoms with Gasteiger partial charge in [-0.25, -0.2) is 0 Å². The number of nitrogens with one attached hydrogen (secondary N) is 1. The van der Waals surface area contributed by atoms with Gasteiger partial charge in [0.15, 0.2) is 0 Å². The predicted molar refractivity (Wildman–Crippen MR) is 78.4 cm³/mol. The average molecular weight is 280 g/mol. The lowest BCUT2D eigenvalue weighted by atomic mass is 9.91. The van der Waals surface area contributed by atoms with Gasteiger partial charge >= 0.3 is 0 Å². The van der Waals surface area contributed by atoms with Gasteiger partial charge in [0.05, 0.1) is 17.2 Å². The molecule has 20 heavy (non-hydrogen) atoms. The first-order valence-electron chi connectivity index (χ1n) is 8.00. The van der Waals surface area contributed by atoms with E-state index in [2.05, 4.69) is 33.0 Å². The highest BCUT2D eigenvalue weighted by Gasteiger charge is 2.47. The van der Waals surface area contributed by atoms with Crippen LogP contribution in [0.3, 0.4) is 0 Å². The van der Waals surface area contributed by atoms with Crippen molar-refractivity contribution in [3.63, 3.8) is 0 Å². The van der Waals surface area contributed by atoms with Crippen LogP contribution in [0, 0.1) is 11.8 Å². The molecule has 1 aliphatic carbocycles. The Morgan fingerprint density at radius 2 is 1.80 bits per heavy atom. The van der Waals surface area contributed by atoms with Crippen LogP contribution >= 0.6 is 0 Å². The molecule has 3 rings (SSSR count). The van der Waals surface area contributed by atoms with E-state index >= 15 is 0 Å². The fourth-order valence-electron chi connectivity index (χ4n) is 4.60. The predicted octanol–water partition coefficient (Wildman–Crippen LogP) is 1.79. The van der Waals surface area contributed by atoms with Gasteiger partial charge < -0.3 is 15.0 Å². The van der Waals surface area contributed by atoms with E-state index in [1.807, 2.05) is 4.90 Å². The number of ether oxygens (including phenoxy) is 1. The van der Waals surface area contributed by atoms with E-state index in [-0.39, 0.29) is 17.2 Å². The lowest BCUT2D eigenvalue weighted by molar-refractivity contribution is -0.189. The normalized spacial score (nSPS) is 38.8. The molecule has 1 amide bonds. The van der Waals surface area contributed by atoms with Crippen LogP contribution < -0.4 is 5.32 Å². The number of nitrogens with zero attached hydrogens (tertiary/aromatic N) is 1. The van der Waals surface area contributed by atoms with Crippen LogP contribution in [0.2, 0.25) is 0 Å². The number of fused-ring (bicyclic) bond motifs is 1. The number of rotatable bonds is 1. The minimum absolute atomic E-state index is 0.0483. The molecule has 3 unspecified atom stereocenters. The molecule has 2 aliphatic heterocycles. The molecule has 0 aromatic heterocycles. The van der Waals surface area contributed by atoms with Crippen molar-refractivity contribution in [2.75, 3.05) is 19.6 Å². The molecule has 0 aromatic carbocycles. The Kier molecular flexibility index (Phi) is 3.37. The number of hydrogen-bond acceptors (Lipinski definition) is 3. The van der Waals surface area contributed by atoms with Crippen molar-refractivity contribution in [3.8, 4) is 0 Å². The molecule has 2 saturated heterocycles. The second kappa shape index (κ2) is 4.70. The largest absolute Gasteiger partial charge is 0.366 e. The highest BCUT2D eigenvalue weighted by atomic mass is 16.5. The van der Waals surface area contributed by atoms with E-state index in [9.17, 15) is 4.79 Å². The van der Waals surface area contributed by atoms with Crippen molar-refractivity contribution in [1.82, 2.24) is 10.2 Å². The van der Waals surface area contributed by atoms with E-state index in [0.29, 0.717) is 24.9 Å². The molecule has 3 fully saturated rings. The fraction of sp³-hybridized carbons (Fsp3) is 0.938. The first-order chi connectivity index (χ1) is 9.27. The van der Waals surface area contributed by atoms with Gasteiger partial charge in [0.25, 0.3) is 0 Å². The zero-order valence-electron chi connectivity index (χ0n) is 13.2. The van der Waals surface area contributed by atoms with Crippen molar-refractivity contribution >= 4 is 5.91 Å². The molecule has 3 atom stereocenters. The summed E-state index contributed by atoms with van der Waals surface area (Å²) in [6.45, 7) is 10.7. The molecule has 0 spiro atoms. The maximum atomic E-state index is 12.9. The third-order valence-electron chi connectivity index (χ3n) is 5.02. The van der Waals surface area contributed by atoms with Gasteiger partial charge in [0.1, 0.15) is 0 Å². The van der Waals surface area contributed by atoms with Gasteiger partial charge in [0, 0.05) is 13.1 Å². The van der Waals surface area contributed by atoms with Crippen LogP contribution in [-0.4, -0.2) is 47.7 Å². The number of morpholine rings is 1. The van der Waals surface area contributed by atoms with E-state index in [4.69, 9.17) is 4.74 Å². The summed E-state index contributed by atoms with van der Waals surface area (Å²) < 4.78 is 6.08. The third-order valence-corrected chi connectivity index (χ3v) is 5.02. The molecular weight excluding hydrogens is 252 g/mol. The van der Waals surface area contributed by atoms with Crippen LogP contribution in [0.25, 0.3) is 0 Å². The Bertz CT molecular complexity index is 389. The second-order valence-corrected chi connectivity index (χ2v) is 8.06. The van der Waals surface area contributed by atoms with Gasteiger partial charge in [-0.3, -0.25) is 4.79 Å². The zero-order valence-corrected chi connectivity index (χ0v) is 13.2. The van der Waals surface area contributed by atoms with Crippen LogP contribution in [0.5, 0.6) is 0 Å². The minimum atomic E-state index is -0.259. The molecule has 1 N–H and O–H groups in total. The average Bonchev–Trinajstić information content (AvgIpc) is 2.84. The van der Waals surface area contributed by atoms with Crippen molar-refractivity contribution in [2.45, 2.75) is 64.2 Å². The van der Waals surface area contributed by atoms with Gasteiger partial charge in [0.2, 0.25) is 5.91 Å². The summed E-state index contributed by atoms with van der Waals surface area (Å²) in [4.78, 5) is 15.0. The molecule has 114 valence electrons. The summed E-state index contributed by atoms with van der Waals surface area (Å²) in [7, 11) is 0. The maximum absolute atomic E-state index is 12.9. The Morgan fingerprint density at radius 1 is 1.15 bits per heavy atom. The Labute approximate surface area is 122 Å². The topological polar surface area (TPSA) is 41.6 Å². The van der Waals surface area contributed by atoms with E-state index < -0.39 is 0 Å². The Balaban J connectivity index is 1.73. The van der Waals surface area contributed by atoms with Crippen LogP contribution in [0.4, 0.5) is 0 Å². The summed E-state index contributed by atoms with van der Waals surface area (Å²) in [5, 5.41) is 3.48. The van der Waals surface area contributed by atoms with Gasteiger partial charge in [-0.1, -0.05) is 6.42 Å². The summed E-state index contributed by atoms with van der Waals surface area (Å²) in [5.74, 6) is 1.59. The molecule has 0 aromatic rings. The summed E-state index contributed by atoms with van der Waals surface area (Å²) in [6.07, 6.45) is 3.80. The van der Waals surface area contributed by atoms with Crippen molar-refractivity contribution in [3.05, 3.63) is 0 Å². The molecule has 3 aliphatic rings. The first-order valence-corrected chi connectivity index (χ1v) is 8.00. The number of hydrogen-bond donors (Lipinski definition) is 1. The lowest BCUT2D eigenvalue weighted by Crippen LogP contribution is -2.61. The molecule has 0 bridgehead atoms. The molecule has 2 heterocycles. The Morgan fingerprint density at radius 3 is 2.45 bits per heavy atom. The smallest absolute Gasteiger partial charge is 0.240 e. The minimum Gasteiger partial charge on any atom is -0.366 e.